The summed E-state index contributed by atoms with van der Waals surface area (Å²) in [5.41, 5.74) is 8.40. The van der Waals surface area contributed by atoms with Gasteiger partial charge in [0, 0.05) is 17.7 Å². The smallest absolute Gasteiger partial charge is 0.131 e. The Bertz CT molecular complexity index is 650. The van der Waals surface area contributed by atoms with Crippen molar-refractivity contribution in [2.45, 2.75) is 19.3 Å². The third kappa shape index (κ3) is 3.73. The van der Waals surface area contributed by atoms with Crippen LogP contribution in [0.15, 0.2) is 54.6 Å². The standard InChI is InChI=1S/C18H17NO/c1-14(20)13-17(15-7-3-2-4-8-15)12-11-16-9-5-6-10-18(16)19/h2-10,17H,13,19H2,1H3. The minimum atomic E-state index is -0.0895. The summed E-state index contributed by atoms with van der Waals surface area (Å²) in [5.74, 6) is 6.31. The molecule has 0 spiro atoms. The molecular weight excluding hydrogens is 246 g/mol. The molecule has 1 atom stereocenters. The van der Waals surface area contributed by atoms with Gasteiger partial charge in [-0.25, -0.2) is 0 Å². The summed E-state index contributed by atoms with van der Waals surface area (Å²) < 4.78 is 0. The van der Waals surface area contributed by atoms with E-state index in [1.165, 1.54) is 0 Å². The number of rotatable bonds is 3. The van der Waals surface area contributed by atoms with Crippen LogP contribution in [-0.4, -0.2) is 5.78 Å². The average Bonchev–Trinajstić information content (AvgIpc) is 2.45. The zero-order valence-corrected chi connectivity index (χ0v) is 11.5. The maximum atomic E-state index is 11.4. The van der Waals surface area contributed by atoms with E-state index in [1.54, 1.807) is 6.92 Å². The van der Waals surface area contributed by atoms with Crippen molar-refractivity contribution in [2.24, 2.45) is 0 Å². The van der Waals surface area contributed by atoms with Gasteiger partial charge in [-0.1, -0.05) is 54.3 Å². The van der Waals surface area contributed by atoms with Crippen molar-refractivity contribution in [1.29, 1.82) is 0 Å². The minimum Gasteiger partial charge on any atom is -0.398 e. The van der Waals surface area contributed by atoms with Gasteiger partial charge < -0.3 is 5.73 Å². The van der Waals surface area contributed by atoms with Gasteiger partial charge in [-0.05, 0) is 24.6 Å². The van der Waals surface area contributed by atoms with E-state index in [-0.39, 0.29) is 11.7 Å². The quantitative estimate of drug-likeness (QED) is 0.681. The first-order valence-electron chi connectivity index (χ1n) is 6.57. The maximum absolute atomic E-state index is 11.4. The molecule has 0 bridgehead atoms. The van der Waals surface area contributed by atoms with Gasteiger partial charge in [-0.3, -0.25) is 4.79 Å². The van der Waals surface area contributed by atoms with E-state index in [4.69, 9.17) is 5.73 Å². The number of carbonyl (C=O) groups is 1. The number of Topliss-reactive ketones (excluding diaryl/α,β-unsaturated/α-hetero) is 1. The lowest BCUT2D eigenvalue weighted by Gasteiger charge is -2.08. The third-order valence-corrected chi connectivity index (χ3v) is 3.04. The Labute approximate surface area is 119 Å². The molecule has 0 aromatic heterocycles. The Hall–Kier alpha value is -2.53. The molecule has 0 radical (unpaired) electrons. The van der Waals surface area contributed by atoms with Crippen LogP contribution in [-0.2, 0) is 4.79 Å². The summed E-state index contributed by atoms with van der Waals surface area (Å²) >= 11 is 0. The molecule has 0 aliphatic rings. The predicted molar refractivity (Wildman–Crippen MR) is 82.2 cm³/mol. The van der Waals surface area contributed by atoms with E-state index in [0.29, 0.717) is 12.1 Å². The molecule has 2 aromatic carbocycles. The molecule has 0 amide bonds. The highest BCUT2D eigenvalue weighted by Crippen LogP contribution is 2.19. The molecule has 2 heteroatoms. The Balaban J connectivity index is 2.30. The van der Waals surface area contributed by atoms with Gasteiger partial charge in [0.15, 0.2) is 0 Å². The normalized spacial score (nSPS) is 11.2. The Morgan fingerprint density at radius 2 is 1.75 bits per heavy atom. The second kappa shape index (κ2) is 6.58. The van der Waals surface area contributed by atoms with Gasteiger partial charge in [0.25, 0.3) is 0 Å². The van der Waals surface area contributed by atoms with Crippen LogP contribution in [0.1, 0.15) is 30.4 Å². The maximum Gasteiger partial charge on any atom is 0.131 e. The molecule has 0 aliphatic carbocycles. The van der Waals surface area contributed by atoms with E-state index < -0.39 is 0 Å². The van der Waals surface area contributed by atoms with Gasteiger partial charge in [0.1, 0.15) is 5.78 Å². The van der Waals surface area contributed by atoms with Crippen LogP contribution in [0.4, 0.5) is 5.69 Å². The molecule has 0 aliphatic heterocycles. The van der Waals surface area contributed by atoms with Crippen molar-refractivity contribution in [3.05, 3.63) is 65.7 Å². The second-order valence-corrected chi connectivity index (χ2v) is 4.73. The van der Waals surface area contributed by atoms with E-state index in [0.717, 1.165) is 11.1 Å². The Morgan fingerprint density at radius 3 is 2.40 bits per heavy atom. The number of anilines is 1. The van der Waals surface area contributed by atoms with Crippen molar-refractivity contribution in [2.75, 3.05) is 5.73 Å². The molecule has 20 heavy (non-hydrogen) atoms. The molecule has 2 aromatic rings. The molecule has 0 saturated heterocycles. The van der Waals surface area contributed by atoms with Crippen molar-refractivity contribution < 1.29 is 4.79 Å². The fraction of sp³-hybridized carbons (Fsp3) is 0.167. The molecule has 0 fully saturated rings. The topological polar surface area (TPSA) is 43.1 Å². The first kappa shape index (κ1) is 13.9. The minimum absolute atomic E-state index is 0.0895. The van der Waals surface area contributed by atoms with Crippen LogP contribution >= 0.6 is 0 Å². The lowest BCUT2D eigenvalue weighted by molar-refractivity contribution is -0.117. The van der Waals surface area contributed by atoms with Crippen molar-refractivity contribution in [3.63, 3.8) is 0 Å². The number of nitrogen functional groups attached to an aromatic ring is 1. The molecular formula is C18H17NO. The first-order valence-corrected chi connectivity index (χ1v) is 6.57. The lowest BCUT2D eigenvalue weighted by Crippen LogP contribution is -2.02. The Kier molecular flexibility index (Phi) is 4.57. The number of benzene rings is 2. The van der Waals surface area contributed by atoms with Gasteiger partial charge in [0.2, 0.25) is 0 Å². The number of hydrogen-bond donors (Lipinski definition) is 1. The van der Waals surface area contributed by atoms with E-state index in [1.807, 2.05) is 54.6 Å². The summed E-state index contributed by atoms with van der Waals surface area (Å²) in [7, 11) is 0. The van der Waals surface area contributed by atoms with Crippen LogP contribution < -0.4 is 5.73 Å². The highest BCUT2D eigenvalue weighted by Gasteiger charge is 2.10. The summed E-state index contributed by atoms with van der Waals surface area (Å²) in [6, 6.07) is 17.4. The van der Waals surface area contributed by atoms with Crippen LogP contribution in [0, 0.1) is 11.8 Å². The Morgan fingerprint density at radius 1 is 1.10 bits per heavy atom. The van der Waals surface area contributed by atoms with Gasteiger partial charge in [-0.2, -0.15) is 0 Å². The number of carbonyl (C=O) groups excluding carboxylic acids is 1. The number of nitrogens with two attached hydrogens (primary N) is 1. The summed E-state index contributed by atoms with van der Waals surface area (Å²) in [6.45, 7) is 1.59. The zero-order chi connectivity index (χ0) is 14.4. The lowest BCUT2D eigenvalue weighted by atomic mass is 9.94. The summed E-state index contributed by atoms with van der Waals surface area (Å²) in [4.78, 5) is 11.4. The molecule has 0 saturated carbocycles. The van der Waals surface area contributed by atoms with Crippen LogP contribution in [0.2, 0.25) is 0 Å². The number of hydrogen-bond acceptors (Lipinski definition) is 2. The van der Waals surface area contributed by atoms with Crippen molar-refractivity contribution in [1.82, 2.24) is 0 Å². The van der Waals surface area contributed by atoms with E-state index in [2.05, 4.69) is 11.8 Å². The van der Waals surface area contributed by atoms with Crippen molar-refractivity contribution >= 4 is 11.5 Å². The molecule has 100 valence electrons. The van der Waals surface area contributed by atoms with Gasteiger partial charge >= 0.3 is 0 Å². The van der Waals surface area contributed by atoms with E-state index >= 15 is 0 Å². The first-order chi connectivity index (χ1) is 9.66. The summed E-state index contributed by atoms with van der Waals surface area (Å²) in [6.07, 6.45) is 0.420. The molecule has 0 heterocycles. The van der Waals surface area contributed by atoms with Crippen LogP contribution in [0.3, 0.4) is 0 Å². The van der Waals surface area contributed by atoms with E-state index in [9.17, 15) is 4.79 Å². The number of ketones is 1. The fourth-order valence-corrected chi connectivity index (χ4v) is 2.00. The van der Waals surface area contributed by atoms with Gasteiger partial charge in [0.05, 0.1) is 5.92 Å². The highest BCUT2D eigenvalue weighted by molar-refractivity contribution is 5.77. The average molecular weight is 263 g/mol. The third-order valence-electron chi connectivity index (χ3n) is 3.04. The van der Waals surface area contributed by atoms with Crippen LogP contribution in [0.5, 0.6) is 0 Å². The zero-order valence-electron chi connectivity index (χ0n) is 11.5. The molecule has 2 rings (SSSR count). The molecule has 1 unspecified atom stereocenters. The monoisotopic (exact) mass is 263 g/mol. The fourth-order valence-electron chi connectivity index (χ4n) is 2.00. The molecule has 2 N–H and O–H groups in total. The second-order valence-electron chi connectivity index (χ2n) is 4.73. The highest BCUT2D eigenvalue weighted by atomic mass is 16.1. The van der Waals surface area contributed by atoms with Crippen molar-refractivity contribution in [3.8, 4) is 11.8 Å². The number of para-hydroxylation sites is 1. The SMILES string of the molecule is CC(=O)CC(C#Cc1ccccc1N)c1ccccc1. The predicted octanol–water partition coefficient (Wildman–Crippen LogP) is 3.38. The molecule has 2 nitrogen and oxygen atoms in total. The van der Waals surface area contributed by atoms with Crippen LogP contribution in [0.25, 0.3) is 0 Å². The van der Waals surface area contributed by atoms with Gasteiger partial charge in [-0.15, -0.1) is 0 Å². The largest absolute Gasteiger partial charge is 0.398 e. The summed E-state index contributed by atoms with van der Waals surface area (Å²) in [5, 5.41) is 0.